The van der Waals surface area contributed by atoms with Crippen LogP contribution in [0.25, 0.3) is 11.3 Å². The highest BCUT2D eigenvalue weighted by Crippen LogP contribution is 2.34. The van der Waals surface area contributed by atoms with Gasteiger partial charge in [-0.2, -0.15) is 10.4 Å². The highest BCUT2D eigenvalue weighted by atomic mass is 16.5. The number of hydrogen-bond donors (Lipinski definition) is 3. The Labute approximate surface area is 168 Å². The van der Waals surface area contributed by atoms with Crippen LogP contribution in [0.4, 0.5) is 17.3 Å². The molecule has 1 aliphatic heterocycles. The Kier molecular flexibility index (Phi) is 5.27. The van der Waals surface area contributed by atoms with Crippen LogP contribution < -0.4 is 20.3 Å². The Morgan fingerprint density at radius 3 is 2.86 bits per heavy atom. The second-order valence-corrected chi connectivity index (χ2v) is 6.88. The molecule has 3 heterocycles. The summed E-state index contributed by atoms with van der Waals surface area (Å²) in [5, 5.41) is 22.6. The van der Waals surface area contributed by atoms with E-state index in [-0.39, 0.29) is 5.69 Å². The summed E-state index contributed by atoms with van der Waals surface area (Å²) in [7, 11) is 1.67. The molecule has 4 rings (SSSR count). The standard InChI is InChI=1S/C20H22N8O/c1-13-12-28(6-5-22-13)15-3-4-16(18(7-15)29-2)17-8-19(27-26-17)25-20-11-23-14(9-21)10-24-20/h3-4,7-8,10-11,13,22H,5-6,12H2,1-2H3,(H2,24,25,26,27)/t13-/m0/s1. The smallest absolute Gasteiger partial charge is 0.158 e. The fourth-order valence-electron chi connectivity index (χ4n) is 3.37. The van der Waals surface area contributed by atoms with Crippen LogP contribution in [0.5, 0.6) is 5.75 Å². The summed E-state index contributed by atoms with van der Waals surface area (Å²) in [6.45, 7) is 5.09. The summed E-state index contributed by atoms with van der Waals surface area (Å²) in [6, 6.07) is 10.5. The molecule has 148 valence electrons. The molecule has 9 nitrogen and oxygen atoms in total. The number of rotatable bonds is 5. The second kappa shape index (κ2) is 8.16. The van der Waals surface area contributed by atoms with E-state index in [1.165, 1.54) is 12.4 Å². The molecule has 29 heavy (non-hydrogen) atoms. The predicted molar refractivity (Wildman–Crippen MR) is 110 cm³/mol. The molecule has 0 saturated carbocycles. The molecule has 9 heteroatoms. The van der Waals surface area contributed by atoms with Gasteiger partial charge in [-0.05, 0) is 19.1 Å². The topological polar surface area (TPSA) is 115 Å². The van der Waals surface area contributed by atoms with E-state index in [0.29, 0.717) is 17.7 Å². The van der Waals surface area contributed by atoms with E-state index >= 15 is 0 Å². The van der Waals surface area contributed by atoms with Gasteiger partial charge in [-0.1, -0.05) is 0 Å². The molecule has 0 radical (unpaired) electrons. The van der Waals surface area contributed by atoms with E-state index in [1.807, 2.05) is 18.2 Å². The molecule has 1 aliphatic rings. The predicted octanol–water partition coefficient (Wildman–Crippen LogP) is 2.29. The average Bonchev–Trinajstić information content (AvgIpc) is 3.22. The molecular formula is C20H22N8O. The molecule has 1 saturated heterocycles. The molecule has 3 aromatic rings. The average molecular weight is 390 g/mol. The third kappa shape index (κ3) is 4.12. The Morgan fingerprint density at radius 1 is 1.24 bits per heavy atom. The normalized spacial score (nSPS) is 16.3. The van der Waals surface area contributed by atoms with Gasteiger partial charge in [0.2, 0.25) is 0 Å². The van der Waals surface area contributed by atoms with E-state index < -0.39 is 0 Å². The molecular weight excluding hydrogens is 368 g/mol. The van der Waals surface area contributed by atoms with Crippen LogP contribution in [-0.2, 0) is 0 Å². The lowest BCUT2D eigenvalue weighted by Crippen LogP contribution is -2.49. The molecule has 1 fully saturated rings. The van der Waals surface area contributed by atoms with Crippen molar-refractivity contribution in [2.75, 3.05) is 37.0 Å². The van der Waals surface area contributed by atoms with Crippen molar-refractivity contribution >= 4 is 17.3 Å². The van der Waals surface area contributed by atoms with Crippen LogP contribution in [0.1, 0.15) is 12.6 Å². The van der Waals surface area contributed by atoms with Crippen molar-refractivity contribution in [3.05, 3.63) is 42.4 Å². The summed E-state index contributed by atoms with van der Waals surface area (Å²) in [4.78, 5) is 10.5. The number of piperazine rings is 1. The van der Waals surface area contributed by atoms with Crippen molar-refractivity contribution in [2.45, 2.75) is 13.0 Å². The van der Waals surface area contributed by atoms with Crippen LogP contribution in [0.15, 0.2) is 36.7 Å². The number of benzene rings is 1. The Morgan fingerprint density at radius 2 is 2.14 bits per heavy atom. The van der Waals surface area contributed by atoms with Gasteiger partial charge in [-0.3, -0.25) is 5.10 Å². The van der Waals surface area contributed by atoms with Crippen LogP contribution in [0.3, 0.4) is 0 Å². The van der Waals surface area contributed by atoms with Crippen molar-refractivity contribution in [1.82, 2.24) is 25.5 Å². The van der Waals surface area contributed by atoms with Crippen molar-refractivity contribution in [3.63, 3.8) is 0 Å². The number of methoxy groups -OCH3 is 1. The van der Waals surface area contributed by atoms with Gasteiger partial charge in [0.1, 0.15) is 17.6 Å². The fraction of sp³-hybridized carbons (Fsp3) is 0.300. The number of ether oxygens (including phenoxy) is 1. The van der Waals surface area contributed by atoms with Crippen LogP contribution in [0, 0.1) is 11.3 Å². The summed E-state index contributed by atoms with van der Waals surface area (Å²) in [5.74, 6) is 1.89. The molecule has 0 aliphatic carbocycles. The third-order valence-corrected chi connectivity index (χ3v) is 4.81. The van der Waals surface area contributed by atoms with E-state index in [4.69, 9.17) is 10.00 Å². The number of H-pyrrole nitrogens is 1. The molecule has 3 N–H and O–H groups in total. The molecule has 2 aromatic heterocycles. The van der Waals surface area contributed by atoms with Gasteiger partial charge in [-0.25, -0.2) is 9.97 Å². The molecule has 0 unspecified atom stereocenters. The second-order valence-electron chi connectivity index (χ2n) is 6.88. The highest BCUT2D eigenvalue weighted by Gasteiger charge is 2.18. The summed E-state index contributed by atoms with van der Waals surface area (Å²) in [6.07, 6.45) is 2.91. The number of anilines is 3. The maximum Gasteiger partial charge on any atom is 0.158 e. The minimum Gasteiger partial charge on any atom is -0.496 e. The lowest BCUT2D eigenvalue weighted by atomic mass is 10.1. The third-order valence-electron chi connectivity index (χ3n) is 4.81. The minimum atomic E-state index is 0.266. The minimum absolute atomic E-state index is 0.266. The summed E-state index contributed by atoms with van der Waals surface area (Å²) >= 11 is 0. The molecule has 1 aromatic carbocycles. The zero-order chi connectivity index (χ0) is 20.2. The lowest BCUT2D eigenvalue weighted by Gasteiger charge is -2.34. The van der Waals surface area contributed by atoms with Crippen LogP contribution in [0.2, 0.25) is 0 Å². The van der Waals surface area contributed by atoms with E-state index in [2.05, 4.69) is 54.8 Å². The number of nitriles is 1. The van der Waals surface area contributed by atoms with E-state index in [9.17, 15) is 0 Å². The Balaban J connectivity index is 1.54. The maximum absolute atomic E-state index is 8.80. The number of nitrogens with one attached hydrogen (secondary N) is 3. The van der Waals surface area contributed by atoms with Crippen molar-refractivity contribution in [3.8, 4) is 23.1 Å². The quantitative estimate of drug-likeness (QED) is 0.608. The van der Waals surface area contributed by atoms with Crippen LogP contribution in [-0.4, -0.2) is 53.0 Å². The monoisotopic (exact) mass is 390 g/mol. The SMILES string of the molecule is COc1cc(N2CCN[C@@H](C)C2)ccc1-c1cc(Nc2cnc(C#N)cn2)n[nH]1. The first-order valence-electron chi connectivity index (χ1n) is 9.37. The van der Waals surface area contributed by atoms with Crippen molar-refractivity contribution in [2.24, 2.45) is 0 Å². The zero-order valence-corrected chi connectivity index (χ0v) is 16.3. The van der Waals surface area contributed by atoms with Gasteiger partial charge in [0.05, 0.1) is 25.2 Å². The lowest BCUT2D eigenvalue weighted by molar-refractivity contribution is 0.415. The molecule has 0 spiro atoms. The maximum atomic E-state index is 8.80. The number of aromatic nitrogens is 4. The van der Waals surface area contributed by atoms with Crippen molar-refractivity contribution < 1.29 is 4.74 Å². The Hall–Kier alpha value is -3.64. The van der Waals surface area contributed by atoms with Gasteiger partial charge >= 0.3 is 0 Å². The first-order chi connectivity index (χ1) is 14.2. The van der Waals surface area contributed by atoms with E-state index in [1.54, 1.807) is 7.11 Å². The van der Waals surface area contributed by atoms with Gasteiger partial charge < -0.3 is 20.3 Å². The number of nitrogens with zero attached hydrogens (tertiary/aromatic N) is 5. The van der Waals surface area contributed by atoms with Crippen molar-refractivity contribution in [1.29, 1.82) is 5.26 Å². The fourth-order valence-corrected chi connectivity index (χ4v) is 3.37. The summed E-state index contributed by atoms with van der Waals surface area (Å²) in [5.41, 5.74) is 3.16. The Bertz CT molecular complexity index is 1020. The molecule has 1 atom stereocenters. The number of aromatic amines is 1. The van der Waals surface area contributed by atoms with E-state index in [0.717, 1.165) is 42.3 Å². The van der Waals surface area contributed by atoms with Gasteiger partial charge in [-0.15, -0.1) is 0 Å². The largest absolute Gasteiger partial charge is 0.496 e. The van der Waals surface area contributed by atoms with Gasteiger partial charge in [0.25, 0.3) is 0 Å². The summed E-state index contributed by atoms with van der Waals surface area (Å²) < 4.78 is 5.65. The highest BCUT2D eigenvalue weighted by molar-refractivity contribution is 5.73. The zero-order valence-electron chi connectivity index (χ0n) is 16.3. The first-order valence-corrected chi connectivity index (χ1v) is 9.37. The van der Waals surface area contributed by atoms with Crippen LogP contribution >= 0.6 is 0 Å². The molecule has 0 amide bonds. The molecule has 0 bridgehead atoms. The first kappa shape index (κ1) is 18.7. The van der Waals surface area contributed by atoms with Gasteiger partial charge in [0, 0.05) is 49.1 Å². The number of hydrogen-bond acceptors (Lipinski definition) is 8. The van der Waals surface area contributed by atoms with Gasteiger partial charge in [0.15, 0.2) is 11.5 Å².